The molecule has 1 N–H and O–H groups in total. The summed E-state index contributed by atoms with van der Waals surface area (Å²) in [4.78, 5) is 16.3. The van der Waals surface area contributed by atoms with Crippen molar-refractivity contribution < 1.29 is 9.90 Å². The SMILES string of the molecule is CN1CCC[C@H]1CC(=O)N1CCC[C@H]1CO. The van der Waals surface area contributed by atoms with Crippen LogP contribution in [0.15, 0.2) is 0 Å². The average Bonchev–Trinajstić information content (AvgIpc) is 2.87. The molecule has 0 aromatic rings. The molecule has 16 heavy (non-hydrogen) atoms. The van der Waals surface area contributed by atoms with Crippen molar-refractivity contribution in [1.82, 2.24) is 9.80 Å². The zero-order valence-corrected chi connectivity index (χ0v) is 10.1. The number of carbonyl (C=O) groups excluding carboxylic acids is 1. The number of aliphatic hydroxyl groups excluding tert-OH is 1. The van der Waals surface area contributed by atoms with Crippen LogP contribution in [0.2, 0.25) is 0 Å². The van der Waals surface area contributed by atoms with Crippen molar-refractivity contribution in [3.05, 3.63) is 0 Å². The summed E-state index contributed by atoms with van der Waals surface area (Å²) >= 11 is 0. The highest BCUT2D eigenvalue weighted by Gasteiger charge is 2.31. The van der Waals surface area contributed by atoms with Crippen LogP contribution in [0, 0.1) is 0 Å². The van der Waals surface area contributed by atoms with Crippen LogP contribution in [0.5, 0.6) is 0 Å². The van der Waals surface area contributed by atoms with Crippen molar-refractivity contribution in [2.45, 2.75) is 44.2 Å². The Labute approximate surface area is 97.2 Å². The molecule has 0 bridgehead atoms. The molecule has 2 atom stereocenters. The van der Waals surface area contributed by atoms with E-state index < -0.39 is 0 Å². The van der Waals surface area contributed by atoms with Crippen molar-refractivity contribution in [3.63, 3.8) is 0 Å². The molecule has 0 aliphatic carbocycles. The predicted octanol–water partition coefficient (Wildman–Crippen LogP) is 0.454. The molecule has 92 valence electrons. The lowest BCUT2D eigenvalue weighted by Gasteiger charge is -2.26. The molecule has 0 spiro atoms. The van der Waals surface area contributed by atoms with Crippen molar-refractivity contribution in [1.29, 1.82) is 0 Å². The molecule has 0 saturated carbocycles. The maximum absolute atomic E-state index is 12.1. The molecule has 0 aromatic heterocycles. The third-order valence-electron chi connectivity index (χ3n) is 3.99. The Balaban J connectivity index is 1.87. The van der Waals surface area contributed by atoms with E-state index in [2.05, 4.69) is 11.9 Å². The number of likely N-dealkylation sites (tertiary alicyclic amines) is 2. The van der Waals surface area contributed by atoms with Gasteiger partial charge in [0.05, 0.1) is 12.6 Å². The lowest BCUT2D eigenvalue weighted by molar-refractivity contribution is -0.133. The number of amides is 1. The first-order chi connectivity index (χ1) is 7.72. The second-order valence-electron chi connectivity index (χ2n) is 5.05. The second kappa shape index (κ2) is 5.15. The fourth-order valence-corrected chi connectivity index (χ4v) is 2.91. The highest BCUT2D eigenvalue weighted by molar-refractivity contribution is 5.77. The average molecular weight is 226 g/mol. The molecular formula is C12H22N2O2. The third-order valence-corrected chi connectivity index (χ3v) is 3.99. The molecule has 4 nitrogen and oxygen atoms in total. The van der Waals surface area contributed by atoms with Gasteiger partial charge in [0.25, 0.3) is 0 Å². The molecule has 0 radical (unpaired) electrons. The van der Waals surface area contributed by atoms with Gasteiger partial charge < -0.3 is 14.9 Å². The van der Waals surface area contributed by atoms with Crippen molar-refractivity contribution in [3.8, 4) is 0 Å². The summed E-state index contributed by atoms with van der Waals surface area (Å²) in [5.74, 6) is 0.232. The highest BCUT2D eigenvalue weighted by atomic mass is 16.3. The van der Waals surface area contributed by atoms with Gasteiger partial charge >= 0.3 is 0 Å². The number of nitrogens with zero attached hydrogens (tertiary/aromatic N) is 2. The first-order valence-corrected chi connectivity index (χ1v) is 6.33. The molecule has 2 saturated heterocycles. The van der Waals surface area contributed by atoms with Crippen LogP contribution < -0.4 is 0 Å². The van der Waals surface area contributed by atoms with E-state index in [-0.39, 0.29) is 18.6 Å². The smallest absolute Gasteiger partial charge is 0.224 e. The molecule has 4 heteroatoms. The van der Waals surface area contributed by atoms with Gasteiger partial charge in [-0.3, -0.25) is 4.79 Å². The number of aliphatic hydroxyl groups is 1. The Bertz CT molecular complexity index is 257. The van der Waals surface area contributed by atoms with Gasteiger partial charge in [-0.05, 0) is 39.3 Å². The van der Waals surface area contributed by atoms with E-state index in [1.807, 2.05) is 4.90 Å². The molecule has 2 heterocycles. The third kappa shape index (κ3) is 2.38. The van der Waals surface area contributed by atoms with E-state index >= 15 is 0 Å². The molecule has 2 aliphatic rings. The molecule has 1 amide bonds. The molecule has 0 aromatic carbocycles. The van der Waals surface area contributed by atoms with Crippen molar-refractivity contribution >= 4 is 5.91 Å². The van der Waals surface area contributed by atoms with E-state index in [0.29, 0.717) is 12.5 Å². The van der Waals surface area contributed by atoms with Gasteiger partial charge in [0, 0.05) is 19.0 Å². The van der Waals surface area contributed by atoms with Gasteiger partial charge in [-0.15, -0.1) is 0 Å². The first kappa shape index (κ1) is 11.9. The predicted molar refractivity (Wildman–Crippen MR) is 62.1 cm³/mol. The summed E-state index contributed by atoms with van der Waals surface area (Å²) in [5, 5.41) is 9.19. The molecule has 2 rings (SSSR count). The monoisotopic (exact) mass is 226 g/mol. The van der Waals surface area contributed by atoms with Crippen LogP contribution in [0.3, 0.4) is 0 Å². The Kier molecular flexibility index (Phi) is 3.82. The zero-order chi connectivity index (χ0) is 11.5. The summed E-state index contributed by atoms with van der Waals surface area (Å²) in [6, 6.07) is 0.506. The van der Waals surface area contributed by atoms with Crippen LogP contribution in [0.1, 0.15) is 32.1 Å². The van der Waals surface area contributed by atoms with E-state index in [1.54, 1.807) is 0 Å². The standard InChI is InChI=1S/C12H22N2O2/c1-13-6-2-4-10(13)8-12(16)14-7-3-5-11(14)9-15/h10-11,15H,2-9H2,1H3/t10-,11-/m0/s1. The van der Waals surface area contributed by atoms with Crippen molar-refractivity contribution in [2.24, 2.45) is 0 Å². The summed E-state index contributed by atoms with van der Waals surface area (Å²) in [7, 11) is 2.10. The maximum Gasteiger partial charge on any atom is 0.224 e. The fraction of sp³-hybridized carbons (Fsp3) is 0.917. The van der Waals surface area contributed by atoms with Crippen molar-refractivity contribution in [2.75, 3.05) is 26.7 Å². The van der Waals surface area contributed by atoms with Crippen LogP contribution in [-0.2, 0) is 4.79 Å². The Hall–Kier alpha value is -0.610. The molecule has 2 aliphatic heterocycles. The summed E-state index contributed by atoms with van der Waals surface area (Å²) in [6.45, 7) is 2.06. The van der Waals surface area contributed by atoms with Crippen LogP contribution in [0.25, 0.3) is 0 Å². The van der Waals surface area contributed by atoms with Gasteiger partial charge in [0.2, 0.25) is 5.91 Å². The lowest BCUT2D eigenvalue weighted by Crippen LogP contribution is -2.40. The minimum atomic E-state index is 0.0826. The van der Waals surface area contributed by atoms with Crippen LogP contribution in [-0.4, -0.2) is 59.6 Å². The van der Waals surface area contributed by atoms with E-state index in [9.17, 15) is 9.90 Å². The van der Waals surface area contributed by atoms with Gasteiger partial charge in [0.1, 0.15) is 0 Å². The van der Waals surface area contributed by atoms with Gasteiger partial charge in [-0.2, -0.15) is 0 Å². The number of carbonyl (C=O) groups is 1. The van der Waals surface area contributed by atoms with Gasteiger partial charge in [-0.25, -0.2) is 0 Å². The first-order valence-electron chi connectivity index (χ1n) is 6.33. The normalized spacial score (nSPS) is 31.2. The Morgan fingerprint density at radius 2 is 1.94 bits per heavy atom. The highest BCUT2D eigenvalue weighted by Crippen LogP contribution is 2.22. The lowest BCUT2D eigenvalue weighted by atomic mass is 10.1. The molecular weight excluding hydrogens is 204 g/mol. The summed E-state index contributed by atoms with van der Waals surface area (Å²) in [6.07, 6.45) is 4.98. The number of rotatable bonds is 3. The van der Waals surface area contributed by atoms with E-state index in [4.69, 9.17) is 0 Å². The minimum absolute atomic E-state index is 0.0826. The Morgan fingerprint density at radius 3 is 2.56 bits per heavy atom. The second-order valence-corrected chi connectivity index (χ2v) is 5.05. The summed E-state index contributed by atoms with van der Waals surface area (Å²) < 4.78 is 0. The van der Waals surface area contributed by atoms with E-state index in [0.717, 1.165) is 32.4 Å². The molecule has 2 fully saturated rings. The Morgan fingerprint density at radius 1 is 1.25 bits per heavy atom. The summed E-state index contributed by atoms with van der Waals surface area (Å²) in [5.41, 5.74) is 0. The topological polar surface area (TPSA) is 43.8 Å². The molecule has 0 unspecified atom stereocenters. The fourth-order valence-electron chi connectivity index (χ4n) is 2.91. The van der Waals surface area contributed by atoms with Gasteiger partial charge in [-0.1, -0.05) is 0 Å². The number of hydrogen-bond donors (Lipinski definition) is 1. The van der Waals surface area contributed by atoms with Crippen LogP contribution in [0.4, 0.5) is 0 Å². The van der Waals surface area contributed by atoms with E-state index in [1.165, 1.54) is 6.42 Å². The largest absolute Gasteiger partial charge is 0.394 e. The number of hydrogen-bond acceptors (Lipinski definition) is 3. The maximum atomic E-state index is 12.1. The minimum Gasteiger partial charge on any atom is -0.394 e. The van der Waals surface area contributed by atoms with Gasteiger partial charge in [0.15, 0.2) is 0 Å². The van der Waals surface area contributed by atoms with Crippen LogP contribution >= 0.6 is 0 Å². The zero-order valence-electron chi connectivity index (χ0n) is 10.1. The quantitative estimate of drug-likeness (QED) is 0.760.